The number of carbonyl (C=O) groups excluding carboxylic acids is 3. The van der Waals surface area contributed by atoms with Crippen molar-refractivity contribution in [3.63, 3.8) is 0 Å². The van der Waals surface area contributed by atoms with Crippen molar-refractivity contribution in [2.45, 2.75) is 46.0 Å². The Bertz CT molecular complexity index is 1590. The quantitative estimate of drug-likeness (QED) is 0.156. The van der Waals surface area contributed by atoms with E-state index >= 15 is 0 Å². The Hall–Kier alpha value is -3.88. The molecule has 4 rings (SSSR count). The van der Waals surface area contributed by atoms with Gasteiger partial charge in [-0.3, -0.25) is 19.4 Å². The molecule has 2 heterocycles. The maximum atomic E-state index is 12.8. The van der Waals surface area contributed by atoms with Gasteiger partial charge in [-0.25, -0.2) is 0 Å². The lowest BCUT2D eigenvalue weighted by atomic mass is 9.86. The number of ketones is 2. The van der Waals surface area contributed by atoms with E-state index in [0.717, 1.165) is 27.3 Å². The molecule has 0 aliphatic carbocycles. The second-order valence-electron chi connectivity index (χ2n) is 10.6. The molecule has 0 aliphatic rings. The summed E-state index contributed by atoms with van der Waals surface area (Å²) < 4.78 is 0. The summed E-state index contributed by atoms with van der Waals surface area (Å²) in [6.07, 6.45) is 0.587. The van der Waals surface area contributed by atoms with E-state index in [1.54, 1.807) is 43.3 Å². The highest BCUT2D eigenvalue weighted by Gasteiger charge is 2.19. The molecule has 1 amide bonds. The third kappa shape index (κ3) is 6.63. The van der Waals surface area contributed by atoms with E-state index < -0.39 is 5.91 Å². The summed E-state index contributed by atoms with van der Waals surface area (Å²) in [6, 6.07) is 18.4. The number of primary amides is 1. The van der Waals surface area contributed by atoms with E-state index in [9.17, 15) is 19.5 Å². The lowest BCUT2D eigenvalue weighted by Crippen LogP contribution is -2.14. The molecule has 0 fully saturated rings. The first-order valence-corrected chi connectivity index (χ1v) is 14.6. The number of carbonyl (C=O) groups is 3. The number of rotatable bonds is 10. The summed E-state index contributed by atoms with van der Waals surface area (Å²) in [5.74, 6) is -0.668. The van der Waals surface area contributed by atoms with E-state index in [2.05, 4.69) is 37.9 Å². The van der Waals surface area contributed by atoms with Crippen molar-refractivity contribution in [2.24, 2.45) is 10.7 Å². The summed E-state index contributed by atoms with van der Waals surface area (Å²) >= 11 is 2.58. The number of amides is 1. The van der Waals surface area contributed by atoms with E-state index in [-0.39, 0.29) is 35.7 Å². The molecular weight excluding hydrogens is 540 g/mol. The maximum absolute atomic E-state index is 12.8. The van der Waals surface area contributed by atoms with Crippen molar-refractivity contribution in [1.82, 2.24) is 0 Å². The van der Waals surface area contributed by atoms with Crippen molar-refractivity contribution < 1.29 is 19.5 Å². The number of nitrogens with two attached hydrogens (primary N) is 1. The maximum Gasteiger partial charge on any atom is 0.248 e. The van der Waals surface area contributed by atoms with Crippen molar-refractivity contribution in [3.05, 3.63) is 98.1 Å². The highest BCUT2D eigenvalue weighted by Crippen LogP contribution is 2.39. The zero-order chi connectivity index (χ0) is 29.0. The number of hydrogen-bond acceptors (Lipinski definition) is 7. The molecule has 4 aromatic rings. The van der Waals surface area contributed by atoms with Gasteiger partial charge in [0.05, 0.1) is 14.6 Å². The Balaban J connectivity index is 1.39. The molecule has 0 radical (unpaired) electrons. The lowest BCUT2D eigenvalue weighted by molar-refractivity contribution is 0.0977. The predicted molar refractivity (Wildman–Crippen MR) is 163 cm³/mol. The number of benzene rings is 2. The van der Waals surface area contributed by atoms with Gasteiger partial charge < -0.3 is 10.8 Å². The molecule has 0 bridgehead atoms. The highest BCUT2D eigenvalue weighted by molar-refractivity contribution is 7.16. The fourth-order valence-corrected chi connectivity index (χ4v) is 6.19. The Kier molecular flexibility index (Phi) is 8.81. The third-order valence-electron chi connectivity index (χ3n) is 6.69. The number of Topliss-reactive ketones (excluding diaryl/α,β-unsaturated/α-hetero) is 2. The number of aromatic hydroxyl groups is 1. The first-order valence-electron chi connectivity index (χ1n) is 12.9. The van der Waals surface area contributed by atoms with Crippen LogP contribution in [0.5, 0.6) is 5.75 Å². The normalized spacial score (nSPS) is 11.9. The zero-order valence-corrected chi connectivity index (χ0v) is 24.6. The van der Waals surface area contributed by atoms with Gasteiger partial charge >= 0.3 is 0 Å². The molecule has 0 atom stereocenters. The first-order chi connectivity index (χ1) is 19.0. The fourth-order valence-electron chi connectivity index (χ4n) is 4.28. The van der Waals surface area contributed by atoms with Crippen molar-refractivity contribution in [3.8, 4) is 16.2 Å². The van der Waals surface area contributed by atoms with Crippen LogP contribution < -0.4 is 5.73 Å². The molecule has 0 saturated heterocycles. The molecule has 6 nitrogen and oxygen atoms in total. The largest absolute Gasteiger partial charge is 0.506 e. The topological polar surface area (TPSA) is 110 Å². The van der Waals surface area contributed by atoms with Crippen LogP contribution in [0.15, 0.2) is 71.0 Å². The Morgan fingerprint density at radius 1 is 0.900 bits per heavy atom. The smallest absolute Gasteiger partial charge is 0.248 e. The number of hydrogen-bond donors (Lipinski definition) is 2. The summed E-state index contributed by atoms with van der Waals surface area (Å²) in [5.41, 5.74) is 9.93. The van der Waals surface area contributed by atoms with E-state index in [4.69, 9.17) is 5.73 Å². The predicted octanol–water partition coefficient (Wildman–Crippen LogP) is 7.09. The minimum atomic E-state index is -0.523. The molecule has 3 N–H and O–H groups in total. The average Bonchev–Trinajstić information content (AvgIpc) is 3.57. The highest BCUT2D eigenvalue weighted by atomic mass is 32.1. The van der Waals surface area contributed by atoms with Gasteiger partial charge in [-0.2, -0.15) is 0 Å². The second-order valence-corrected chi connectivity index (χ2v) is 12.6. The molecule has 2 aromatic carbocycles. The minimum Gasteiger partial charge on any atom is -0.506 e. The van der Waals surface area contributed by atoms with Crippen molar-refractivity contribution in [1.29, 1.82) is 0 Å². The van der Waals surface area contributed by atoms with E-state index in [1.165, 1.54) is 16.9 Å². The molecule has 2 aromatic heterocycles. The van der Waals surface area contributed by atoms with Crippen LogP contribution >= 0.6 is 22.7 Å². The van der Waals surface area contributed by atoms with Crippen molar-refractivity contribution in [2.75, 3.05) is 6.54 Å². The first kappa shape index (κ1) is 29.1. The summed E-state index contributed by atoms with van der Waals surface area (Å²) in [4.78, 5) is 43.3. The van der Waals surface area contributed by atoms with Gasteiger partial charge in [-0.05, 0) is 53.6 Å². The average molecular weight is 573 g/mol. The minimum absolute atomic E-state index is 0.0476. The Morgan fingerprint density at radius 2 is 1.55 bits per heavy atom. The SMILES string of the molecule is CC(=NCC(=O)c1ccc(C(=O)CCc2ccccc2C(N)=O)s1)c1csc(-c2ccc(C(C)(C)C)cc2)c1O. The molecule has 8 heteroatoms. The molecule has 0 spiro atoms. The Labute approximate surface area is 242 Å². The lowest BCUT2D eigenvalue weighted by Gasteiger charge is -2.19. The van der Waals surface area contributed by atoms with Crippen LogP contribution in [0.2, 0.25) is 0 Å². The van der Waals surface area contributed by atoms with Gasteiger partial charge in [0.25, 0.3) is 0 Å². The van der Waals surface area contributed by atoms with Crippen LogP contribution in [0, 0.1) is 0 Å². The number of nitrogens with zero attached hydrogens (tertiary/aromatic N) is 1. The van der Waals surface area contributed by atoms with Gasteiger partial charge in [-0.15, -0.1) is 22.7 Å². The molecule has 0 saturated carbocycles. The van der Waals surface area contributed by atoms with Gasteiger partial charge in [-0.1, -0.05) is 63.2 Å². The van der Waals surface area contributed by atoms with Gasteiger partial charge in [0.1, 0.15) is 12.3 Å². The van der Waals surface area contributed by atoms with Crippen LogP contribution in [0.1, 0.15) is 80.5 Å². The molecule has 206 valence electrons. The zero-order valence-electron chi connectivity index (χ0n) is 23.0. The monoisotopic (exact) mass is 572 g/mol. The molecule has 0 aliphatic heterocycles. The van der Waals surface area contributed by atoms with Gasteiger partial charge in [0.2, 0.25) is 5.91 Å². The molecular formula is C32H32N2O4S2. The van der Waals surface area contributed by atoms with Crippen molar-refractivity contribution >= 4 is 45.9 Å². The molecule has 0 unspecified atom stereocenters. The number of aryl methyl sites for hydroxylation is 1. The van der Waals surface area contributed by atoms with Gasteiger partial charge in [0.15, 0.2) is 11.6 Å². The Morgan fingerprint density at radius 3 is 2.20 bits per heavy atom. The van der Waals surface area contributed by atoms with Gasteiger partial charge in [0, 0.05) is 28.6 Å². The number of thiophene rings is 2. The summed E-state index contributed by atoms with van der Waals surface area (Å²) in [7, 11) is 0. The van der Waals surface area contributed by atoms with Crippen LogP contribution in [0.4, 0.5) is 0 Å². The van der Waals surface area contributed by atoms with Crippen LogP contribution in [-0.2, 0) is 11.8 Å². The van der Waals surface area contributed by atoms with E-state index in [1.807, 2.05) is 17.5 Å². The fraction of sp³-hybridized carbons (Fsp3) is 0.250. The summed E-state index contributed by atoms with van der Waals surface area (Å²) in [6.45, 7) is 8.16. The second kappa shape index (κ2) is 12.1. The van der Waals surface area contributed by atoms with Crippen LogP contribution in [-0.4, -0.2) is 34.8 Å². The number of aliphatic imine (C=N–C) groups is 1. The molecule has 40 heavy (non-hydrogen) atoms. The van der Waals surface area contributed by atoms with Crippen LogP contribution in [0.25, 0.3) is 10.4 Å². The van der Waals surface area contributed by atoms with E-state index in [0.29, 0.717) is 33.0 Å². The summed E-state index contributed by atoms with van der Waals surface area (Å²) in [5, 5.41) is 12.7. The standard InChI is InChI=1S/C32H32N2O4S2/c1-19(24-18-39-30(29(24)37)21-9-12-22(13-10-21)32(2,3)4)34-17-26(36)28-16-15-27(40-28)25(35)14-11-20-7-5-6-8-23(20)31(33)38/h5-10,12-13,15-16,18,37H,11,14,17H2,1-4H3,(H2,33,38). The third-order valence-corrected chi connectivity index (χ3v) is 8.87. The van der Waals surface area contributed by atoms with Crippen LogP contribution in [0.3, 0.4) is 0 Å².